The van der Waals surface area contributed by atoms with Crippen molar-refractivity contribution in [3.05, 3.63) is 47.9 Å². The van der Waals surface area contributed by atoms with Crippen LogP contribution in [0.3, 0.4) is 0 Å². The second-order valence-corrected chi connectivity index (χ2v) is 7.36. The first-order chi connectivity index (χ1) is 13.8. The van der Waals surface area contributed by atoms with Gasteiger partial charge in [-0.1, -0.05) is 0 Å². The summed E-state index contributed by atoms with van der Waals surface area (Å²) in [5.74, 6) is -0.148. The zero-order valence-electron chi connectivity index (χ0n) is 16.3. The highest BCUT2D eigenvalue weighted by atomic mass is 32.2. The summed E-state index contributed by atoms with van der Waals surface area (Å²) in [6.45, 7) is 1.26. The maximum atomic E-state index is 12.8. The molecule has 0 aliphatic heterocycles. The number of carbonyl (C=O) groups excluding carboxylic acids is 2. The summed E-state index contributed by atoms with van der Waals surface area (Å²) in [6.07, 6.45) is 1.58. The van der Waals surface area contributed by atoms with Gasteiger partial charge in [-0.2, -0.15) is 0 Å². The third-order valence-electron chi connectivity index (χ3n) is 4.08. The van der Waals surface area contributed by atoms with Gasteiger partial charge in [-0.15, -0.1) is 11.8 Å². The van der Waals surface area contributed by atoms with Gasteiger partial charge in [0, 0.05) is 24.7 Å². The number of hydrogen-bond donors (Lipinski definition) is 2. The van der Waals surface area contributed by atoms with E-state index in [-0.39, 0.29) is 18.0 Å². The zero-order chi connectivity index (χ0) is 21.4. The molecule has 156 valence electrons. The number of ketones is 1. The SMILES string of the molecule is COc1ccc(C(=O)C[C@H](SC[C@@H](NC(C)=O)C(=O)O)c2ccco2)cc1OC. The average Bonchev–Trinajstić information content (AvgIpc) is 3.23. The van der Waals surface area contributed by atoms with Crippen LogP contribution in [0, 0.1) is 0 Å². The van der Waals surface area contributed by atoms with Crippen LogP contribution in [0.15, 0.2) is 41.0 Å². The number of aliphatic carboxylic acids is 1. The van der Waals surface area contributed by atoms with E-state index >= 15 is 0 Å². The topological polar surface area (TPSA) is 115 Å². The Morgan fingerprint density at radius 1 is 1.17 bits per heavy atom. The van der Waals surface area contributed by atoms with Crippen LogP contribution in [0.25, 0.3) is 0 Å². The first kappa shape index (κ1) is 22.4. The molecule has 2 aromatic rings. The van der Waals surface area contributed by atoms with E-state index in [0.29, 0.717) is 22.8 Å². The molecule has 0 fully saturated rings. The van der Waals surface area contributed by atoms with E-state index in [1.165, 1.54) is 39.2 Å². The quantitative estimate of drug-likeness (QED) is 0.532. The Morgan fingerprint density at radius 3 is 2.45 bits per heavy atom. The standard InChI is InChI=1S/C20H23NO7S/c1-12(22)21-14(20(24)25)11-29-19(17-5-4-8-28-17)10-15(23)13-6-7-16(26-2)18(9-13)27-3/h4-9,14,19H,10-11H2,1-3H3,(H,21,22)(H,24,25)/t14-,19+/m1/s1. The van der Waals surface area contributed by atoms with Gasteiger partial charge >= 0.3 is 5.97 Å². The van der Waals surface area contributed by atoms with Gasteiger partial charge in [-0.3, -0.25) is 9.59 Å². The molecule has 0 aliphatic rings. The summed E-state index contributed by atoms with van der Waals surface area (Å²) in [4.78, 5) is 35.4. The molecule has 1 aromatic heterocycles. The minimum absolute atomic E-state index is 0.0828. The van der Waals surface area contributed by atoms with Gasteiger partial charge in [0.15, 0.2) is 17.3 Å². The van der Waals surface area contributed by atoms with Crippen molar-refractivity contribution >= 4 is 29.4 Å². The fraction of sp³-hybridized carbons (Fsp3) is 0.350. The van der Waals surface area contributed by atoms with E-state index in [1.54, 1.807) is 30.3 Å². The van der Waals surface area contributed by atoms with Gasteiger partial charge in [0.05, 0.1) is 25.7 Å². The van der Waals surface area contributed by atoms with Crippen molar-refractivity contribution in [2.45, 2.75) is 24.6 Å². The van der Waals surface area contributed by atoms with Crippen LogP contribution in [-0.2, 0) is 9.59 Å². The Hall–Kier alpha value is -2.94. The van der Waals surface area contributed by atoms with Crippen LogP contribution in [0.1, 0.15) is 34.7 Å². The molecule has 0 spiro atoms. The summed E-state index contributed by atoms with van der Waals surface area (Å²) in [7, 11) is 3.00. The predicted molar refractivity (Wildman–Crippen MR) is 108 cm³/mol. The lowest BCUT2D eigenvalue weighted by Gasteiger charge is -2.18. The van der Waals surface area contributed by atoms with Gasteiger partial charge in [0.1, 0.15) is 11.8 Å². The molecular formula is C20H23NO7S. The van der Waals surface area contributed by atoms with Crippen LogP contribution in [-0.4, -0.2) is 48.8 Å². The largest absolute Gasteiger partial charge is 0.493 e. The van der Waals surface area contributed by atoms with Crippen LogP contribution in [0.4, 0.5) is 0 Å². The highest BCUT2D eigenvalue weighted by Gasteiger charge is 2.25. The Labute approximate surface area is 172 Å². The Kier molecular flexibility index (Phi) is 8.14. The first-order valence-corrected chi connectivity index (χ1v) is 9.80. The molecule has 29 heavy (non-hydrogen) atoms. The second kappa shape index (κ2) is 10.6. The zero-order valence-corrected chi connectivity index (χ0v) is 17.2. The number of hydrogen-bond acceptors (Lipinski definition) is 7. The molecule has 1 heterocycles. The lowest BCUT2D eigenvalue weighted by Crippen LogP contribution is -2.41. The highest BCUT2D eigenvalue weighted by Crippen LogP contribution is 2.35. The molecule has 0 saturated carbocycles. The van der Waals surface area contributed by atoms with Crippen LogP contribution >= 0.6 is 11.8 Å². The minimum atomic E-state index is -1.14. The van der Waals surface area contributed by atoms with Crippen molar-refractivity contribution in [1.82, 2.24) is 5.32 Å². The number of amides is 1. The first-order valence-electron chi connectivity index (χ1n) is 8.75. The Bertz CT molecular complexity index is 851. The van der Waals surface area contributed by atoms with Crippen molar-refractivity contribution in [3.63, 3.8) is 0 Å². The fourth-order valence-corrected chi connectivity index (χ4v) is 3.86. The number of carbonyl (C=O) groups is 3. The number of carboxylic acids is 1. The van der Waals surface area contributed by atoms with E-state index in [2.05, 4.69) is 5.32 Å². The number of ether oxygens (including phenoxy) is 2. The van der Waals surface area contributed by atoms with E-state index in [0.717, 1.165) is 0 Å². The van der Waals surface area contributed by atoms with Gasteiger partial charge < -0.3 is 24.3 Å². The van der Waals surface area contributed by atoms with Crippen molar-refractivity contribution in [2.75, 3.05) is 20.0 Å². The van der Waals surface area contributed by atoms with Crippen molar-refractivity contribution in [3.8, 4) is 11.5 Å². The van der Waals surface area contributed by atoms with E-state index in [1.807, 2.05) is 0 Å². The molecule has 1 aromatic carbocycles. The van der Waals surface area contributed by atoms with Crippen molar-refractivity contribution in [2.24, 2.45) is 0 Å². The summed E-state index contributed by atoms with van der Waals surface area (Å²) in [5, 5.41) is 11.3. The number of thioether (sulfide) groups is 1. The third kappa shape index (κ3) is 6.28. The van der Waals surface area contributed by atoms with Crippen LogP contribution in [0.2, 0.25) is 0 Å². The van der Waals surface area contributed by atoms with Gasteiger partial charge in [0.2, 0.25) is 5.91 Å². The molecule has 0 bridgehead atoms. The van der Waals surface area contributed by atoms with Gasteiger partial charge in [0.25, 0.3) is 0 Å². The highest BCUT2D eigenvalue weighted by molar-refractivity contribution is 7.99. The maximum Gasteiger partial charge on any atom is 0.327 e. The van der Waals surface area contributed by atoms with Crippen LogP contribution in [0.5, 0.6) is 11.5 Å². The predicted octanol–water partition coefficient (Wildman–Crippen LogP) is 2.93. The lowest BCUT2D eigenvalue weighted by atomic mass is 10.0. The maximum absolute atomic E-state index is 12.8. The molecule has 8 nitrogen and oxygen atoms in total. The molecule has 2 atom stereocenters. The number of benzene rings is 1. The Balaban J connectivity index is 2.16. The van der Waals surface area contributed by atoms with E-state index < -0.39 is 23.2 Å². The molecule has 2 N–H and O–H groups in total. The molecule has 0 radical (unpaired) electrons. The summed E-state index contributed by atoms with van der Waals surface area (Å²) >= 11 is 1.23. The molecule has 0 aliphatic carbocycles. The van der Waals surface area contributed by atoms with E-state index in [9.17, 15) is 19.5 Å². The normalized spacial score (nSPS) is 12.7. The molecule has 9 heteroatoms. The van der Waals surface area contributed by atoms with Crippen LogP contribution < -0.4 is 14.8 Å². The number of nitrogens with one attached hydrogen (secondary N) is 1. The summed E-state index contributed by atoms with van der Waals surface area (Å²) in [6, 6.07) is 7.26. The monoisotopic (exact) mass is 421 g/mol. The van der Waals surface area contributed by atoms with Gasteiger partial charge in [-0.25, -0.2) is 4.79 Å². The average molecular weight is 421 g/mol. The van der Waals surface area contributed by atoms with Gasteiger partial charge in [-0.05, 0) is 30.3 Å². The molecule has 0 unspecified atom stereocenters. The molecule has 2 rings (SSSR count). The lowest BCUT2D eigenvalue weighted by molar-refractivity contribution is -0.140. The number of rotatable bonds is 11. The summed E-state index contributed by atoms with van der Waals surface area (Å²) in [5.41, 5.74) is 0.441. The number of Topliss-reactive ketones (excluding diaryl/α,β-unsaturated/α-hetero) is 1. The molecule has 1 amide bonds. The number of carboxylic acid groups (broad SMARTS) is 1. The smallest absolute Gasteiger partial charge is 0.327 e. The van der Waals surface area contributed by atoms with Crippen molar-refractivity contribution < 1.29 is 33.4 Å². The molecular weight excluding hydrogens is 398 g/mol. The number of furan rings is 1. The number of methoxy groups -OCH3 is 2. The molecule has 0 saturated heterocycles. The Morgan fingerprint density at radius 2 is 1.90 bits per heavy atom. The van der Waals surface area contributed by atoms with Crippen molar-refractivity contribution in [1.29, 1.82) is 0 Å². The third-order valence-corrected chi connectivity index (χ3v) is 5.40. The fourth-order valence-electron chi connectivity index (χ4n) is 2.64. The van der Waals surface area contributed by atoms with E-state index in [4.69, 9.17) is 13.9 Å². The summed E-state index contributed by atoms with van der Waals surface area (Å²) < 4.78 is 15.9. The second-order valence-electron chi connectivity index (χ2n) is 6.13. The minimum Gasteiger partial charge on any atom is -0.493 e.